The minimum absolute atomic E-state index is 0.0159. The van der Waals surface area contributed by atoms with E-state index < -0.39 is 0 Å². The highest BCUT2D eigenvalue weighted by atomic mass is 79.9. The van der Waals surface area contributed by atoms with Crippen molar-refractivity contribution in [1.82, 2.24) is 25.5 Å². The van der Waals surface area contributed by atoms with Crippen LogP contribution in [0.2, 0.25) is 0 Å². The van der Waals surface area contributed by atoms with Crippen molar-refractivity contribution in [2.75, 3.05) is 12.3 Å². The van der Waals surface area contributed by atoms with Gasteiger partial charge < -0.3 is 21.8 Å². The molecule has 1 unspecified atom stereocenters. The fourth-order valence-electron chi connectivity index (χ4n) is 4.91. The van der Waals surface area contributed by atoms with E-state index in [0.29, 0.717) is 24.7 Å². The van der Waals surface area contributed by atoms with Crippen molar-refractivity contribution in [2.24, 2.45) is 17.6 Å². The van der Waals surface area contributed by atoms with Crippen LogP contribution in [0, 0.1) is 11.8 Å². The first kappa shape index (κ1) is 23.6. The molecule has 182 valence electrons. The highest BCUT2D eigenvalue weighted by molar-refractivity contribution is 9.10. The quantitative estimate of drug-likeness (QED) is 0.237. The van der Waals surface area contributed by atoms with Gasteiger partial charge in [0.15, 0.2) is 5.82 Å². The Morgan fingerprint density at radius 2 is 1.97 bits per heavy atom. The van der Waals surface area contributed by atoms with Crippen LogP contribution in [0.5, 0.6) is 0 Å². The molecule has 5 rings (SSSR count). The van der Waals surface area contributed by atoms with Gasteiger partial charge in [-0.2, -0.15) is 5.10 Å². The maximum atomic E-state index is 13.3. The number of nitrogens with one attached hydrogen (secondary N) is 3. The molecule has 0 bridgehead atoms. The molecule has 2 heterocycles. The van der Waals surface area contributed by atoms with Crippen LogP contribution in [0.1, 0.15) is 43.1 Å². The van der Waals surface area contributed by atoms with Crippen LogP contribution in [-0.4, -0.2) is 32.6 Å². The standard InChI is InChI=1S/C26H30BrN7O/c27-20-4-2-1-3-17(20)11-22(32-26(35)16-7-5-15(13-28)6-8-16)25-30-14-23(31-25)18-9-10-19-21(12-18)33-34-24(19)29/h1-4,9-10,12,14-16,22H,5-8,11,13,28H2,(H,30,31)(H,32,35)(H3,29,33,34). The first-order valence-corrected chi connectivity index (χ1v) is 12.8. The molecule has 35 heavy (non-hydrogen) atoms. The van der Waals surface area contributed by atoms with E-state index in [2.05, 4.69) is 42.5 Å². The number of halogens is 1. The highest BCUT2D eigenvalue weighted by Gasteiger charge is 2.28. The van der Waals surface area contributed by atoms with E-state index in [1.165, 1.54) is 0 Å². The van der Waals surface area contributed by atoms with Gasteiger partial charge in [-0.25, -0.2) is 4.98 Å². The van der Waals surface area contributed by atoms with Crippen LogP contribution in [0.4, 0.5) is 5.82 Å². The Hall–Kier alpha value is -3.17. The molecule has 2 aromatic heterocycles. The number of rotatable bonds is 7. The summed E-state index contributed by atoms with van der Waals surface area (Å²) in [5, 5.41) is 11.2. The SMILES string of the molecule is NCC1CCC(C(=O)NC(Cc2ccccc2Br)c2nc(-c3ccc4c(N)n[nH]c4c3)c[nH]2)CC1. The van der Waals surface area contributed by atoms with E-state index in [0.717, 1.165) is 63.7 Å². The van der Waals surface area contributed by atoms with Crippen LogP contribution in [0.25, 0.3) is 22.2 Å². The molecule has 1 aliphatic carbocycles. The Bertz CT molecular complexity index is 1320. The molecule has 0 saturated heterocycles. The number of H-pyrrole nitrogens is 2. The van der Waals surface area contributed by atoms with Crippen LogP contribution in [-0.2, 0) is 11.2 Å². The molecule has 0 spiro atoms. The third kappa shape index (κ3) is 5.11. The minimum Gasteiger partial charge on any atom is -0.382 e. The Morgan fingerprint density at radius 3 is 2.74 bits per heavy atom. The highest BCUT2D eigenvalue weighted by Crippen LogP contribution is 2.31. The van der Waals surface area contributed by atoms with Gasteiger partial charge in [-0.05, 0) is 61.9 Å². The smallest absolute Gasteiger partial charge is 0.223 e. The molecule has 1 amide bonds. The number of fused-ring (bicyclic) bond motifs is 1. The first-order valence-electron chi connectivity index (χ1n) is 12.0. The second kappa shape index (κ2) is 10.2. The van der Waals surface area contributed by atoms with E-state index in [4.69, 9.17) is 16.5 Å². The van der Waals surface area contributed by atoms with E-state index >= 15 is 0 Å². The first-order chi connectivity index (χ1) is 17.0. The van der Waals surface area contributed by atoms with E-state index in [9.17, 15) is 4.79 Å². The van der Waals surface area contributed by atoms with Crippen LogP contribution >= 0.6 is 15.9 Å². The molecule has 9 heteroatoms. The van der Waals surface area contributed by atoms with E-state index in [1.54, 1.807) is 0 Å². The lowest BCUT2D eigenvalue weighted by Crippen LogP contribution is -2.37. The van der Waals surface area contributed by atoms with E-state index in [1.807, 2.05) is 42.6 Å². The van der Waals surface area contributed by atoms with Crippen molar-refractivity contribution in [3.8, 4) is 11.3 Å². The maximum absolute atomic E-state index is 13.3. The molecule has 4 aromatic rings. The second-order valence-corrected chi connectivity index (χ2v) is 10.2. The van der Waals surface area contributed by atoms with Gasteiger partial charge in [0.1, 0.15) is 5.82 Å². The summed E-state index contributed by atoms with van der Waals surface area (Å²) in [6.45, 7) is 0.700. The number of hydrogen-bond donors (Lipinski definition) is 5. The summed E-state index contributed by atoms with van der Waals surface area (Å²) in [4.78, 5) is 21.4. The largest absolute Gasteiger partial charge is 0.382 e. The Balaban J connectivity index is 1.39. The van der Waals surface area contributed by atoms with Gasteiger partial charge in [0, 0.05) is 34.0 Å². The van der Waals surface area contributed by atoms with E-state index in [-0.39, 0.29) is 17.9 Å². The summed E-state index contributed by atoms with van der Waals surface area (Å²) in [6.07, 6.45) is 6.28. The molecule has 2 aromatic carbocycles. The fraction of sp³-hybridized carbons (Fsp3) is 0.346. The van der Waals surface area contributed by atoms with Gasteiger partial charge >= 0.3 is 0 Å². The van der Waals surface area contributed by atoms with Crippen molar-refractivity contribution in [1.29, 1.82) is 0 Å². The van der Waals surface area contributed by atoms with Crippen molar-refractivity contribution in [3.05, 3.63) is 64.5 Å². The number of anilines is 1. The molecular formula is C26H30BrN7O. The lowest BCUT2D eigenvalue weighted by Gasteiger charge is -2.28. The number of imidazole rings is 1. The zero-order valence-electron chi connectivity index (χ0n) is 19.4. The summed E-state index contributed by atoms with van der Waals surface area (Å²) < 4.78 is 1.01. The lowest BCUT2D eigenvalue weighted by atomic mass is 9.81. The zero-order chi connectivity index (χ0) is 24.4. The maximum Gasteiger partial charge on any atom is 0.223 e. The second-order valence-electron chi connectivity index (χ2n) is 9.35. The van der Waals surface area contributed by atoms with Crippen molar-refractivity contribution < 1.29 is 4.79 Å². The fourth-order valence-corrected chi connectivity index (χ4v) is 5.36. The summed E-state index contributed by atoms with van der Waals surface area (Å²) >= 11 is 3.65. The van der Waals surface area contributed by atoms with Crippen molar-refractivity contribution >= 4 is 38.6 Å². The number of carbonyl (C=O) groups is 1. The predicted molar refractivity (Wildman–Crippen MR) is 141 cm³/mol. The molecule has 0 aliphatic heterocycles. The molecule has 1 atom stereocenters. The normalized spacial score (nSPS) is 19.0. The molecule has 0 radical (unpaired) electrons. The van der Waals surface area contributed by atoms with Crippen LogP contribution < -0.4 is 16.8 Å². The summed E-state index contributed by atoms with van der Waals surface area (Å²) in [5.74, 6) is 1.84. The topological polar surface area (TPSA) is 138 Å². The lowest BCUT2D eigenvalue weighted by molar-refractivity contribution is -0.127. The van der Waals surface area contributed by atoms with Gasteiger partial charge in [-0.15, -0.1) is 0 Å². The average molecular weight is 536 g/mol. The number of nitrogens with two attached hydrogens (primary N) is 2. The molecular weight excluding hydrogens is 506 g/mol. The number of nitrogens with zero attached hydrogens (tertiary/aromatic N) is 2. The summed E-state index contributed by atoms with van der Waals surface area (Å²) in [5.41, 5.74) is 15.4. The van der Waals surface area contributed by atoms with Crippen LogP contribution in [0.15, 0.2) is 53.1 Å². The molecule has 1 saturated carbocycles. The minimum atomic E-state index is -0.284. The Kier molecular flexibility index (Phi) is 6.88. The number of hydrogen-bond acceptors (Lipinski definition) is 5. The molecule has 1 fully saturated rings. The number of nitrogen functional groups attached to an aromatic ring is 1. The number of carbonyl (C=O) groups excluding carboxylic acids is 1. The third-order valence-electron chi connectivity index (χ3n) is 7.07. The Morgan fingerprint density at radius 1 is 1.17 bits per heavy atom. The number of aromatic nitrogens is 4. The molecule has 7 N–H and O–H groups in total. The predicted octanol–water partition coefficient (Wildman–Crippen LogP) is 4.46. The van der Waals surface area contributed by atoms with Crippen molar-refractivity contribution in [3.63, 3.8) is 0 Å². The van der Waals surface area contributed by atoms with Gasteiger partial charge in [-0.1, -0.05) is 40.2 Å². The number of aromatic amines is 2. The van der Waals surface area contributed by atoms with Crippen LogP contribution in [0.3, 0.4) is 0 Å². The van der Waals surface area contributed by atoms with Gasteiger partial charge in [-0.3, -0.25) is 9.89 Å². The Labute approximate surface area is 212 Å². The number of amides is 1. The third-order valence-corrected chi connectivity index (χ3v) is 7.84. The average Bonchev–Trinajstić information content (AvgIpc) is 3.52. The monoisotopic (exact) mass is 535 g/mol. The zero-order valence-corrected chi connectivity index (χ0v) is 21.0. The van der Waals surface area contributed by atoms with Crippen molar-refractivity contribution in [2.45, 2.75) is 38.1 Å². The number of benzene rings is 2. The molecule has 1 aliphatic rings. The van der Waals surface area contributed by atoms with Gasteiger partial charge in [0.05, 0.1) is 17.3 Å². The summed E-state index contributed by atoms with van der Waals surface area (Å²) in [6, 6.07) is 13.7. The van der Waals surface area contributed by atoms with Gasteiger partial charge in [0.25, 0.3) is 0 Å². The summed E-state index contributed by atoms with van der Waals surface area (Å²) in [7, 11) is 0. The molecule has 8 nitrogen and oxygen atoms in total. The van der Waals surface area contributed by atoms with Gasteiger partial charge in [0.2, 0.25) is 5.91 Å².